The Morgan fingerprint density at radius 1 is 0.778 bits per heavy atom. The van der Waals surface area contributed by atoms with Crippen LogP contribution in [-0.2, 0) is 13.0 Å². The van der Waals surface area contributed by atoms with E-state index in [4.69, 9.17) is 4.74 Å². The van der Waals surface area contributed by atoms with E-state index in [9.17, 15) is 5.11 Å². The molecule has 0 aliphatic heterocycles. The molecule has 1 N–H and O–H groups in total. The quantitative estimate of drug-likeness (QED) is 0.524. The Morgan fingerprint density at radius 3 is 2.33 bits per heavy atom. The molecule has 3 heteroatoms. The maximum atomic E-state index is 10.4. The molecule has 1 heterocycles. The maximum absolute atomic E-state index is 10.4. The van der Waals surface area contributed by atoms with Crippen LogP contribution >= 0.6 is 0 Å². The van der Waals surface area contributed by atoms with Crippen LogP contribution in [-0.4, -0.2) is 10.1 Å². The molecule has 134 valence electrons. The van der Waals surface area contributed by atoms with E-state index < -0.39 is 6.10 Å². The highest BCUT2D eigenvalue weighted by molar-refractivity contribution is 5.78. The number of rotatable bonds is 6. The Hall–Kier alpha value is -3.17. The van der Waals surface area contributed by atoms with Crippen LogP contribution in [0.15, 0.2) is 91.0 Å². The molecular weight excluding hydrogens is 334 g/mol. The van der Waals surface area contributed by atoms with Crippen LogP contribution in [0.3, 0.4) is 0 Å². The van der Waals surface area contributed by atoms with Crippen LogP contribution in [0.1, 0.15) is 22.9 Å². The third kappa shape index (κ3) is 4.33. The maximum Gasteiger partial charge on any atom is 0.130 e. The highest BCUT2D eigenvalue weighted by Crippen LogP contribution is 2.22. The van der Waals surface area contributed by atoms with Crippen LogP contribution in [0.2, 0.25) is 0 Å². The third-order valence-electron chi connectivity index (χ3n) is 4.58. The molecule has 4 aromatic rings. The summed E-state index contributed by atoms with van der Waals surface area (Å²) in [5.74, 6) is 0.764. The molecule has 3 aromatic carbocycles. The lowest BCUT2D eigenvalue weighted by atomic mass is 10.0. The standard InChI is InChI=1S/C24H21NO2/c26-24(16-18-6-2-1-3-7-18)20-11-14-22(15-12-20)27-17-21-13-10-19-8-4-5-9-23(19)25-21/h1-15,24,26H,16-17H2. The molecule has 1 unspecified atom stereocenters. The van der Waals surface area contributed by atoms with Crippen molar-refractivity contribution < 1.29 is 9.84 Å². The molecule has 0 aliphatic carbocycles. The molecular formula is C24H21NO2. The zero-order valence-electron chi connectivity index (χ0n) is 15.0. The molecule has 3 nitrogen and oxygen atoms in total. The van der Waals surface area contributed by atoms with Gasteiger partial charge in [-0.15, -0.1) is 0 Å². The SMILES string of the molecule is OC(Cc1ccccc1)c1ccc(OCc2ccc3ccccc3n2)cc1. The molecule has 0 fully saturated rings. The first kappa shape index (κ1) is 17.3. The molecule has 1 atom stereocenters. The van der Waals surface area contributed by atoms with Gasteiger partial charge in [-0.2, -0.15) is 0 Å². The fourth-order valence-corrected chi connectivity index (χ4v) is 3.09. The van der Waals surface area contributed by atoms with Gasteiger partial charge in [0.1, 0.15) is 12.4 Å². The number of para-hydroxylation sites is 1. The minimum atomic E-state index is -0.524. The molecule has 4 rings (SSSR count). The second-order valence-corrected chi connectivity index (χ2v) is 6.56. The molecule has 0 radical (unpaired) electrons. The molecule has 0 saturated carbocycles. The van der Waals surface area contributed by atoms with E-state index in [0.717, 1.165) is 33.5 Å². The van der Waals surface area contributed by atoms with E-state index in [2.05, 4.69) is 11.1 Å². The Balaban J connectivity index is 1.38. The van der Waals surface area contributed by atoms with Gasteiger partial charge in [0.2, 0.25) is 0 Å². The molecule has 27 heavy (non-hydrogen) atoms. The fraction of sp³-hybridized carbons (Fsp3) is 0.125. The van der Waals surface area contributed by atoms with E-state index >= 15 is 0 Å². The zero-order valence-corrected chi connectivity index (χ0v) is 15.0. The number of ether oxygens (including phenoxy) is 1. The van der Waals surface area contributed by atoms with E-state index in [1.807, 2.05) is 84.9 Å². The number of pyridine rings is 1. The van der Waals surface area contributed by atoms with Crippen LogP contribution in [0.4, 0.5) is 0 Å². The van der Waals surface area contributed by atoms with Crippen molar-refractivity contribution in [3.63, 3.8) is 0 Å². The summed E-state index contributed by atoms with van der Waals surface area (Å²) in [7, 11) is 0. The third-order valence-corrected chi connectivity index (χ3v) is 4.58. The average Bonchev–Trinajstić information content (AvgIpc) is 2.73. The Labute approximate surface area is 158 Å². The molecule has 0 amide bonds. The van der Waals surface area contributed by atoms with Crippen molar-refractivity contribution in [3.05, 3.63) is 108 Å². The van der Waals surface area contributed by atoms with Crippen molar-refractivity contribution in [2.45, 2.75) is 19.1 Å². The van der Waals surface area contributed by atoms with Gasteiger partial charge in [-0.25, -0.2) is 4.98 Å². The number of benzene rings is 3. The number of hydrogen-bond acceptors (Lipinski definition) is 3. The highest BCUT2D eigenvalue weighted by atomic mass is 16.5. The van der Waals surface area contributed by atoms with E-state index in [0.29, 0.717) is 13.0 Å². The van der Waals surface area contributed by atoms with Gasteiger partial charge in [-0.05, 0) is 35.4 Å². The van der Waals surface area contributed by atoms with Crippen molar-refractivity contribution in [2.24, 2.45) is 0 Å². The summed E-state index contributed by atoms with van der Waals surface area (Å²) in [5.41, 5.74) is 3.86. The van der Waals surface area contributed by atoms with Crippen LogP contribution in [0.5, 0.6) is 5.75 Å². The minimum absolute atomic E-state index is 0.413. The van der Waals surface area contributed by atoms with Crippen LogP contribution < -0.4 is 4.74 Å². The van der Waals surface area contributed by atoms with Crippen molar-refractivity contribution in [3.8, 4) is 5.75 Å². The lowest BCUT2D eigenvalue weighted by Gasteiger charge is -2.12. The summed E-state index contributed by atoms with van der Waals surface area (Å²) in [6.45, 7) is 0.413. The smallest absolute Gasteiger partial charge is 0.130 e. The van der Waals surface area contributed by atoms with E-state index in [-0.39, 0.29) is 0 Å². The van der Waals surface area contributed by atoms with Crippen molar-refractivity contribution in [2.75, 3.05) is 0 Å². The first-order valence-electron chi connectivity index (χ1n) is 9.07. The van der Waals surface area contributed by atoms with Crippen LogP contribution in [0.25, 0.3) is 10.9 Å². The first-order valence-corrected chi connectivity index (χ1v) is 9.07. The summed E-state index contributed by atoms with van der Waals surface area (Å²) in [6.07, 6.45) is 0.0748. The summed E-state index contributed by atoms with van der Waals surface area (Å²) in [6, 6.07) is 29.7. The normalized spacial score (nSPS) is 12.0. The second kappa shape index (κ2) is 8.02. The lowest BCUT2D eigenvalue weighted by molar-refractivity contribution is 0.178. The van der Waals surface area contributed by atoms with E-state index in [1.54, 1.807) is 0 Å². The Morgan fingerprint density at radius 2 is 1.52 bits per heavy atom. The number of hydrogen-bond donors (Lipinski definition) is 1. The van der Waals surface area contributed by atoms with Crippen LogP contribution in [0, 0.1) is 0 Å². The van der Waals surface area contributed by atoms with Crippen molar-refractivity contribution in [1.29, 1.82) is 0 Å². The minimum Gasteiger partial charge on any atom is -0.487 e. The average molecular weight is 355 g/mol. The Kier molecular flexibility index (Phi) is 5.13. The van der Waals surface area contributed by atoms with E-state index in [1.165, 1.54) is 0 Å². The molecule has 0 saturated heterocycles. The largest absolute Gasteiger partial charge is 0.487 e. The monoisotopic (exact) mass is 355 g/mol. The van der Waals surface area contributed by atoms with Gasteiger partial charge in [0.15, 0.2) is 0 Å². The van der Waals surface area contributed by atoms with Gasteiger partial charge in [-0.3, -0.25) is 0 Å². The highest BCUT2D eigenvalue weighted by Gasteiger charge is 2.09. The Bertz CT molecular complexity index is 1010. The predicted molar refractivity (Wildman–Crippen MR) is 108 cm³/mol. The van der Waals surface area contributed by atoms with Gasteiger partial charge in [0, 0.05) is 11.8 Å². The summed E-state index contributed by atoms with van der Waals surface area (Å²) < 4.78 is 5.85. The van der Waals surface area contributed by atoms with Gasteiger partial charge >= 0.3 is 0 Å². The van der Waals surface area contributed by atoms with Gasteiger partial charge < -0.3 is 9.84 Å². The van der Waals surface area contributed by atoms with Crippen molar-refractivity contribution >= 4 is 10.9 Å². The summed E-state index contributed by atoms with van der Waals surface area (Å²) >= 11 is 0. The van der Waals surface area contributed by atoms with Gasteiger partial charge in [-0.1, -0.05) is 66.7 Å². The predicted octanol–water partition coefficient (Wildman–Crippen LogP) is 5.09. The number of fused-ring (bicyclic) bond motifs is 1. The lowest BCUT2D eigenvalue weighted by Crippen LogP contribution is -2.02. The molecule has 1 aromatic heterocycles. The number of aromatic nitrogens is 1. The molecule has 0 bridgehead atoms. The second-order valence-electron chi connectivity index (χ2n) is 6.56. The number of nitrogens with zero attached hydrogens (tertiary/aromatic N) is 1. The number of aliphatic hydroxyl groups excluding tert-OH is 1. The van der Waals surface area contributed by atoms with Gasteiger partial charge in [0.05, 0.1) is 17.3 Å². The van der Waals surface area contributed by atoms with Gasteiger partial charge in [0.25, 0.3) is 0 Å². The number of aliphatic hydroxyl groups is 1. The zero-order chi connectivity index (χ0) is 18.5. The topological polar surface area (TPSA) is 42.4 Å². The summed E-state index contributed by atoms with van der Waals surface area (Å²) in [5, 5.41) is 11.5. The van der Waals surface area contributed by atoms with Crippen molar-refractivity contribution in [1.82, 2.24) is 4.98 Å². The summed E-state index contributed by atoms with van der Waals surface area (Å²) in [4.78, 5) is 4.62. The fourth-order valence-electron chi connectivity index (χ4n) is 3.09. The molecule has 0 aliphatic rings. The molecule has 0 spiro atoms. The first-order chi connectivity index (χ1) is 13.3.